The molecule has 0 unspecified atom stereocenters. The number of hydrogen-bond acceptors (Lipinski definition) is 1. The summed E-state index contributed by atoms with van der Waals surface area (Å²) in [6.07, 6.45) is 0. The van der Waals surface area contributed by atoms with Gasteiger partial charge in [-0.15, -0.1) is 0 Å². The number of aryl methyl sites for hydroxylation is 1. The van der Waals surface area contributed by atoms with E-state index in [4.69, 9.17) is 0 Å². The summed E-state index contributed by atoms with van der Waals surface area (Å²) in [6, 6.07) is 27.2. The SMILES string of the molecule is Cc1cccc(-c2ccccc2)c1Nc1ccccc1. The fraction of sp³-hybridized carbons (Fsp3) is 0.0526. The predicted octanol–water partition coefficient (Wildman–Crippen LogP) is 5.41. The average Bonchev–Trinajstić information content (AvgIpc) is 2.51. The first-order valence-corrected chi connectivity index (χ1v) is 6.82. The van der Waals surface area contributed by atoms with Gasteiger partial charge in [-0.2, -0.15) is 0 Å². The minimum absolute atomic E-state index is 1.11. The van der Waals surface area contributed by atoms with Crippen molar-refractivity contribution in [2.24, 2.45) is 0 Å². The van der Waals surface area contributed by atoms with Gasteiger partial charge in [0.05, 0.1) is 0 Å². The molecule has 1 N–H and O–H groups in total. The van der Waals surface area contributed by atoms with Crippen LogP contribution in [0.5, 0.6) is 0 Å². The van der Waals surface area contributed by atoms with Crippen LogP contribution in [0, 0.1) is 6.92 Å². The molecule has 0 amide bonds. The van der Waals surface area contributed by atoms with Gasteiger partial charge >= 0.3 is 0 Å². The first-order chi connectivity index (χ1) is 9.84. The van der Waals surface area contributed by atoms with Crippen LogP contribution in [0.25, 0.3) is 11.1 Å². The number of hydrogen-bond donors (Lipinski definition) is 1. The highest BCUT2D eigenvalue weighted by Crippen LogP contribution is 2.32. The van der Waals surface area contributed by atoms with E-state index in [1.165, 1.54) is 22.4 Å². The molecule has 98 valence electrons. The fourth-order valence-corrected chi connectivity index (χ4v) is 2.36. The first-order valence-electron chi connectivity index (χ1n) is 6.82. The monoisotopic (exact) mass is 259 g/mol. The van der Waals surface area contributed by atoms with Crippen LogP contribution in [0.3, 0.4) is 0 Å². The highest BCUT2D eigenvalue weighted by Gasteiger charge is 2.07. The molecular formula is C19H17N. The van der Waals surface area contributed by atoms with E-state index in [2.05, 4.69) is 66.8 Å². The smallest absolute Gasteiger partial charge is 0.0493 e. The number of benzene rings is 3. The van der Waals surface area contributed by atoms with E-state index < -0.39 is 0 Å². The summed E-state index contributed by atoms with van der Waals surface area (Å²) in [5, 5.41) is 3.54. The van der Waals surface area contributed by atoms with E-state index >= 15 is 0 Å². The molecule has 0 saturated carbocycles. The summed E-state index contributed by atoms with van der Waals surface area (Å²) >= 11 is 0. The van der Waals surface area contributed by atoms with Gasteiger partial charge in [-0.25, -0.2) is 0 Å². The third-order valence-electron chi connectivity index (χ3n) is 3.40. The second kappa shape index (κ2) is 5.62. The van der Waals surface area contributed by atoms with Crippen molar-refractivity contribution in [1.82, 2.24) is 0 Å². The van der Waals surface area contributed by atoms with E-state index in [9.17, 15) is 0 Å². The van der Waals surface area contributed by atoms with Gasteiger partial charge in [0.1, 0.15) is 0 Å². The van der Waals surface area contributed by atoms with E-state index in [0.717, 1.165) is 5.69 Å². The Morgan fingerprint density at radius 2 is 1.30 bits per heavy atom. The van der Waals surface area contributed by atoms with Crippen molar-refractivity contribution in [1.29, 1.82) is 0 Å². The molecular weight excluding hydrogens is 242 g/mol. The average molecular weight is 259 g/mol. The zero-order valence-electron chi connectivity index (χ0n) is 11.5. The van der Waals surface area contributed by atoms with Crippen LogP contribution in [0.15, 0.2) is 78.9 Å². The molecule has 0 saturated heterocycles. The second-order valence-electron chi connectivity index (χ2n) is 4.85. The lowest BCUT2D eigenvalue weighted by molar-refractivity contribution is 1.43. The van der Waals surface area contributed by atoms with Crippen molar-refractivity contribution >= 4 is 11.4 Å². The summed E-state index contributed by atoms with van der Waals surface area (Å²) in [6.45, 7) is 2.14. The third kappa shape index (κ3) is 2.57. The van der Waals surface area contributed by atoms with Crippen LogP contribution in [0.1, 0.15) is 5.56 Å². The van der Waals surface area contributed by atoms with Crippen LogP contribution in [-0.2, 0) is 0 Å². The topological polar surface area (TPSA) is 12.0 Å². The Balaban J connectivity index is 2.06. The Kier molecular flexibility index (Phi) is 3.51. The van der Waals surface area contributed by atoms with E-state index in [-0.39, 0.29) is 0 Å². The van der Waals surface area contributed by atoms with Gasteiger partial charge in [0, 0.05) is 16.9 Å². The van der Waals surface area contributed by atoms with Gasteiger partial charge < -0.3 is 5.32 Å². The highest BCUT2D eigenvalue weighted by atomic mass is 14.9. The highest BCUT2D eigenvalue weighted by molar-refractivity contribution is 5.83. The second-order valence-corrected chi connectivity index (χ2v) is 4.85. The molecule has 0 aliphatic heterocycles. The van der Waals surface area contributed by atoms with E-state index in [1.54, 1.807) is 0 Å². The predicted molar refractivity (Wildman–Crippen MR) is 86.3 cm³/mol. The fourth-order valence-electron chi connectivity index (χ4n) is 2.36. The summed E-state index contributed by atoms with van der Waals surface area (Å²) < 4.78 is 0. The lowest BCUT2D eigenvalue weighted by Gasteiger charge is -2.15. The molecule has 0 aliphatic carbocycles. The Morgan fingerprint density at radius 3 is 2.00 bits per heavy atom. The van der Waals surface area contributed by atoms with E-state index in [1.807, 2.05) is 24.3 Å². The Labute approximate surface area is 119 Å². The molecule has 3 aromatic rings. The lowest BCUT2D eigenvalue weighted by Crippen LogP contribution is -1.95. The molecule has 0 fully saturated rings. The van der Waals surface area contributed by atoms with Crippen molar-refractivity contribution in [3.8, 4) is 11.1 Å². The van der Waals surface area contributed by atoms with Gasteiger partial charge in [0.15, 0.2) is 0 Å². The van der Waals surface area contributed by atoms with Crippen LogP contribution in [0.4, 0.5) is 11.4 Å². The van der Waals surface area contributed by atoms with Crippen LogP contribution < -0.4 is 5.32 Å². The maximum Gasteiger partial charge on any atom is 0.0493 e. The summed E-state index contributed by atoms with van der Waals surface area (Å²) in [4.78, 5) is 0. The molecule has 3 aromatic carbocycles. The number of para-hydroxylation sites is 2. The Hall–Kier alpha value is -2.54. The van der Waals surface area contributed by atoms with Crippen LogP contribution in [-0.4, -0.2) is 0 Å². The summed E-state index contributed by atoms with van der Waals surface area (Å²) in [5.41, 5.74) is 5.99. The number of nitrogens with one attached hydrogen (secondary N) is 1. The van der Waals surface area contributed by atoms with Crippen molar-refractivity contribution < 1.29 is 0 Å². The zero-order chi connectivity index (χ0) is 13.8. The molecule has 20 heavy (non-hydrogen) atoms. The van der Waals surface area contributed by atoms with Crippen LogP contribution >= 0.6 is 0 Å². The van der Waals surface area contributed by atoms with Crippen molar-refractivity contribution in [3.05, 3.63) is 84.4 Å². The molecule has 0 heterocycles. The molecule has 3 rings (SSSR count). The van der Waals surface area contributed by atoms with Gasteiger partial charge in [-0.1, -0.05) is 66.7 Å². The molecule has 0 spiro atoms. The largest absolute Gasteiger partial charge is 0.355 e. The number of rotatable bonds is 3. The number of anilines is 2. The third-order valence-corrected chi connectivity index (χ3v) is 3.40. The lowest BCUT2D eigenvalue weighted by atomic mass is 10.0. The zero-order valence-corrected chi connectivity index (χ0v) is 11.5. The molecule has 0 atom stereocenters. The summed E-state index contributed by atoms with van der Waals surface area (Å²) in [7, 11) is 0. The van der Waals surface area contributed by atoms with Gasteiger partial charge in [0.2, 0.25) is 0 Å². The molecule has 0 aromatic heterocycles. The maximum atomic E-state index is 3.54. The standard InChI is InChI=1S/C19H17N/c1-15-9-8-14-18(16-10-4-2-5-11-16)19(15)20-17-12-6-3-7-13-17/h2-14,20H,1H3. The first kappa shape index (κ1) is 12.5. The van der Waals surface area contributed by atoms with Gasteiger partial charge in [-0.05, 0) is 30.2 Å². The van der Waals surface area contributed by atoms with Crippen molar-refractivity contribution in [3.63, 3.8) is 0 Å². The van der Waals surface area contributed by atoms with E-state index in [0.29, 0.717) is 0 Å². The van der Waals surface area contributed by atoms with Crippen molar-refractivity contribution in [2.75, 3.05) is 5.32 Å². The molecule has 0 aliphatic rings. The maximum absolute atomic E-state index is 3.54. The molecule has 1 heteroatoms. The molecule has 0 radical (unpaired) electrons. The van der Waals surface area contributed by atoms with Gasteiger partial charge in [0.25, 0.3) is 0 Å². The normalized spacial score (nSPS) is 10.2. The Bertz CT molecular complexity index is 687. The minimum Gasteiger partial charge on any atom is -0.355 e. The van der Waals surface area contributed by atoms with Gasteiger partial charge in [-0.3, -0.25) is 0 Å². The quantitative estimate of drug-likeness (QED) is 0.663. The van der Waals surface area contributed by atoms with Crippen molar-refractivity contribution in [2.45, 2.75) is 6.92 Å². The minimum atomic E-state index is 1.11. The summed E-state index contributed by atoms with van der Waals surface area (Å²) in [5.74, 6) is 0. The Morgan fingerprint density at radius 1 is 0.650 bits per heavy atom. The molecule has 0 bridgehead atoms. The van der Waals surface area contributed by atoms with Crippen LogP contribution in [0.2, 0.25) is 0 Å². The molecule has 1 nitrogen and oxygen atoms in total.